The van der Waals surface area contributed by atoms with E-state index in [1.165, 1.54) is 24.3 Å². The van der Waals surface area contributed by atoms with Gasteiger partial charge in [0.2, 0.25) is 5.91 Å². The minimum absolute atomic E-state index is 0.197. The second kappa shape index (κ2) is 8.42. The van der Waals surface area contributed by atoms with Gasteiger partial charge in [-0.15, -0.1) is 0 Å². The lowest BCUT2D eigenvalue weighted by molar-refractivity contribution is 0.0995. The van der Waals surface area contributed by atoms with Gasteiger partial charge < -0.3 is 21.3 Å². The number of anilines is 2. The predicted molar refractivity (Wildman–Crippen MR) is 126 cm³/mol. The molecule has 0 radical (unpaired) electrons. The van der Waals surface area contributed by atoms with Gasteiger partial charge in [0, 0.05) is 16.7 Å². The molecule has 1 aromatic heterocycles. The lowest BCUT2D eigenvalue weighted by Gasteiger charge is -2.32. The van der Waals surface area contributed by atoms with Crippen LogP contribution in [0.1, 0.15) is 45.8 Å². The zero-order chi connectivity index (χ0) is 23.9. The lowest BCUT2D eigenvalue weighted by atomic mass is 10.0. The van der Waals surface area contributed by atoms with Gasteiger partial charge in [-0.1, -0.05) is 29.3 Å². The molecule has 4 amide bonds. The second-order valence-electron chi connectivity index (χ2n) is 7.99. The van der Waals surface area contributed by atoms with E-state index >= 15 is 0 Å². The molecule has 11 heteroatoms. The van der Waals surface area contributed by atoms with Crippen LogP contribution in [0.25, 0.3) is 0 Å². The molecule has 1 aliphatic heterocycles. The van der Waals surface area contributed by atoms with Gasteiger partial charge >= 0.3 is 6.03 Å². The van der Waals surface area contributed by atoms with E-state index in [4.69, 9.17) is 28.9 Å². The number of H-pyrrole nitrogens is 1. The van der Waals surface area contributed by atoms with Gasteiger partial charge in [-0.2, -0.15) is 5.10 Å². The fourth-order valence-electron chi connectivity index (χ4n) is 3.70. The first kappa shape index (κ1) is 22.6. The zero-order valence-corrected chi connectivity index (χ0v) is 19.2. The average Bonchev–Trinajstić information content (AvgIpc) is 3.29. The molecule has 4 rings (SSSR count). The highest BCUT2D eigenvalue weighted by atomic mass is 35.5. The summed E-state index contributed by atoms with van der Waals surface area (Å²) in [5, 5.41) is 13.3. The maximum absolute atomic E-state index is 13.1. The monoisotopic (exact) mass is 486 g/mol. The van der Waals surface area contributed by atoms with E-state index in [1.807, 2.05) is 13.8 Å². The number of hydrogen-bond donors (Lipinski definition) is 4. The fourth-order valence-corrected chi connectivity index (χ4v) is 4.19. The number of rotatable bonds is 4. The van der Waals surface area contributed by atoms with E-state index in [1.54, 1.807) is 23.1 Å². The first-order valence-electron chi connectivity index (χ1n) is 9.91. The number of benzene rings is 2. The van der Waals surface area contributed by atoms with Crippen LogP contribution in [0.15, 0.2) is 42.5 Å². The number of hydrogen-bond acceptors (Lipinski definition) is 4. The Balaban J connectivity index is 1.53. The number of para-hydroxylation sites is 1. The van der Waals surface area contributed by atoms with Crippen LogP contribution in [-0.4, -0.2) is 32.9 Å². The fraction of sp³-hybridized carbons (Fsp3) is 0.182. The van der Waals surface area contributed by atoms with Gasteiger partial charge in [0.25, 0.3) is 5.91 Å². The number of carbonyl (C=O) groups is 3. The summed E-state index contributed by atoms with van der Waals surface area (Å²) in [4.78, 5) is 38.6. The maximum atomic E-state index is 13.1. The number of aromatic nitrogens is 2. The number of primary amides is 1. The van der Waals surface area contributed by atoms with Crippen LogP contribution in [0.5, 0.6) is 0 Å². The molecule has 0 spiro atoms. The number of aromatic amines is 1. The molecule has 2 heterocycles. The van der Waals surface area contributed by atoms with E-state index < -0.39 is 23.4 Å². The van der Waals surface area contributed by atoms with Crippen LogP contribution in [0.4, 0.5) is 16.3 Å². The van der Waals surface area contributed by atoms with Crippen molar-refractivity contribution < 1.29 is 14.4 Å². The van der Waals surface area contributed by atoms with Crippen molar-refractivity contribution in [2.45, 2.75) is 25.9 Å². The van der Waals surface area contributed by atoms with Crippen molar-refractivity contribution in [1.82, 2.24) is 15.1 Å². The molecule has 33 heavy (non-hydrogen) atoms. The van der Waals surface area contributed by atoms with Crippen molar-refractivity contribution in [1.29, 1.82) is 0 Å². The molecule has 0 saturated heterocycles. The maximum Gasteiger partial charge on any atom is 0.323 e. The first-order chi connectivity index (χ1) is 15.6. The number of nitrogens with one attached hydrogen (secondary N) is 3. The van der Waals surface area contributed by atoms with Gasteiger partial charge in [-0.25, -0.2) is 4.79 Å². The zero-order valence-electron chi connectivity index (χ0n) is 17.7. The molecule has 170 valence electrons. The minimum Gasteiger partial charge on any atom is -0.366 e. The molecular formula is C22H20Cl2N6O3. The first-order valence-corrected chi connectivity index (χ1v) is 10.7. The van der Waals surface area contributed by atoms with Crippen molar-refractivity contribution in [2.75, 3.05) is 10.6 Å². The summed E-state index contributed by atoms with van der Waals surface area (Å²) in [7, 11) is 0. The molecule has 3 aromatic rings. The molecule has 0 unspecified atom stereocenters. The standard InChI is InChI=1S/C22H20Cl2N6O3/c1-22(2)17-13(10-30(22)21(33)26-16-14(23)4-3-5-15(16)24)19(29-28-17)27-20(32)12-8-6-11(7-9-12)18(25)31/h3-9H,10H2,1-2H3,(H2,25,31)(H,26,33)(H2,27,28,29,32). The molecule has 0 bridgehead atoms. The van der Waals surface area contributed by atoms with Crippen LogP contribution >= 0.6 is 23.2 Å². The highest BCUT2D eigenvalue weighted by molar-refractivity contribution is 6.39. The molecular weight excluding hydrogens is 467 g/mol. The van der Waals surface area contributed by atoms with Crippen LogP contribution in [0.2, 0.25) is 10.0 Å². The van der Waals surface area contributed by atoms with Gasteiger partial charge in [-0.05, 0) is 50.2 Å². The number of nitrogens with two attached hydrogens (primary N) is 1. The van der Waals surface area contributed by atoms with Gasteiger partial charge in [0.05, 0.1) is 33.5 Å². The van der Waals surface area contributed by atoms with E-state index in [0.29, 0.717) is 43.9 Å². The molecule has 1 aliphatic rings. The Labute approximate surface area is 199 Å². The molecule has 0 atom stereocenters. The van der Waals surface area contributed by atoms with Crippen molar-refractivity contribution in [3.63, 3.8) is 0 Å². The summed E-state index contributed by atoms with van der Waals surface area (Å²) < 4.78 is 0. The second-order valence-corrected chi connectivity index (χ2v) is 8.81. The summed E-state index contributed by atoms with van der Waals surface area (Å²) in [6, 6.07) is 10.5. The minimum atomic E-state index is -0.744. The largest absolute Gasteiger partial charge is 0.366 e. The van der Waals surface area contributed by atoms with E-state index in [9.17, 15) is 14.4 Å². The van der Waals surface area contributed by atoms with Crippen LogP contribution in [-0.2, 0) is 12.1 Å². The summed E-state index contributed by atoms with van der Waals surface area (Å²) in [6.07, 6.45) is 0. The molecule has 0 saturated carbocycles. The highest BCUT2D eigenvalue weighted by Gasteiger charge is 2.44. The van der Waals surface area contributed by atoms with Crippen LogP contribution < -0.4 is 16.4 Å². The van der Waals surface area contributed by atoms with Crippen molar-refractivity contribution in [3.8, 4) is 0 Å². The summed E-state index contributed by atoms with van der Waals surface area (Å²) in [6.45, 7) is 3.92. The van der Waals surface area contributed by atoms with Crippen LogP contribution in [0.3, 0.4) is 0 Å². The van der Waals surface area contributed by atoms with Gasteiger partial charge in [-0.3, -0.25) is 14.7 Å². The van der Waals surface area contributed by atoms with Crippen molar-refractivity contribution in [3.05, 3.63) is 74.9 Å². The van der Waals surface area contributed by atoms with E-state index in [2.05, 4.69) is 20.8 Å². The van der Waals surface area contributed by atoms with E-state index in [0.717, 1.165) is 0 Å². The Morgan fingerprint density at radius 3 is 2.24 bits per heavy atom. The molecule has 2 aromatic carbocycles. The number of halogens is 2. The topological polar surface area (TPSA) is 133 Å². The Kier molecular flexibility index (Phi) is 5.77. The van der Waals surface area contributed by atoms with E-state index in [-0.39, 0.29) is 6.54 Å². The predicted octanol–water partition coefficient (Wildman–Crippen LogP) is 4.35. The Bertz CT molecular complexity index is 1250. The summed E-state index contributed by atoms with van der Waals surface area (Å²) in [5.41, 5.74) is 6.82. The Morgan fingerprint density at radius 1 is 1.03 bits per heavy atom. The highest BCUT2D eigenvalue weighted by Crippen LogP contribution is 2.41. The molecule has 5 N–H and O–H groups in total. The third-order valence-corrected chi connectivity index (χ3v) is 6.20. The number of urea groups is 1. The number of fused-ring (bicyclic) bond motifs is 1. The number of nitrogens with zero attached hydrogens (tertiary/aromatic N) is 2. The third-order valence-electron chi connectivity index (χ3n) is 5.57. The summed E-state index contributed by atoms with van der Waals surface area (Å²) >= 11 is 12.4. The Hall–Kier alpha value is -3.56. The third kappa shape index (κ3) is 4.12. The number of carbonyl (C=O) groups excluding carboxylic acids is 3. The Morgan fingerprint density at radius 2 is 1.64 bits per heavy atom. The smallest absolute Gasteiger partial charge is 0.323 e. The number of amides is 4. The lowest BCUT2D eigenvalue weighted by Crippen LogP contribution is -2.43. The van der Waals surface area contributed by atoms with Gasteiger partial charge in [0.15, 0.2) is 5.82 Å². The average molecular weight is 487 g/mol. The molecule has 9 nitrogen and oxygen atoms in total. The van der Waals surface area contributed by atoms with Crippen molar-refractivity contribution in [2.24, 2.45) is 5.73 Å². The van der Waals surface area contributed by atoms with Crippen molar-refractivity contribution >= 4 is 52.6 Å². The van der Waals surface area contributed by atoms with Crippen LogP contribution in [0, 0.1) is 0 Å². The van der Waals surface area contributed by atoms with Gasteiger partial charge in [0.1, 0.15) is 0 Å². The normalized spacial score (nSPS) is 14.0. The SMILES string of the molecule is CC1(C)c2[nH]nc(NC(=O)c3ccc(C(N)=O)cc3)c2CN1C(=O)Nc1c(Cl)cccc1Cl. The summed E-state index contributed by atoms with van der Waals surface area (Å²) in [5.74, 6) is -0.678. The molecule has 0 aliphatic carbocycles. The molecule has 0 fully saturated rings. The quantitative estimate of drug-likeness (QED) is 0.435.